The van der Waals surface area contributed by atoms with Crippen molar-refractivity contribution in [2.75, 3.05) is 11.9 Å². The van der Waals surface area contributed by atoms with Gasteiger partial charge in [0, 0.05) is 13.6 Å². The zero-order valence-corrected chi connectivity index (χ0v) is 10.4. The van der Waals surface area contributed by atoms with Crippen LogP contribution in [0.25, 0.3) is 0 Å². The van der Waals surface area contributed by atoms with E-state index in [0.29, 0.717) is 6.54 Å². The lowest BCUT2D eigenvalue weighted by Crippen LogP contribution is -2.46. The number of rotatable bonds is 2. The number of amides is 1. The number of fused-ring (bicyclic) bond motifs is 1. The molecule has 0 spiro atoms. The molecule has 0 aliphatic carbocycles. The van der Waals surface area contributed by atoms with Crippen molar-refractivity contribution in [2.45, 2.75) is 26.5 Å². The molecule has 17 heavy (non-hydrogen) atoms. The van der Waals surface area contributed by atoms with Gasteiger partial charge in [-0.15, -0.1) is 0 Å². The topological polar surface area (TPSA) is 55.6 Å². The van der Waals surface area contributed by atoms with Gasteiger partial charge in [0.25, 0.3) is 5.91 Å². The lowest BCUT2D eigenvalue weighted by molar-refractivity contribution is -0.127. The van der Waals surface area contributed by atoms with Crippen LogP contribution in [-0.2, 0) is 11.3 Å². The van der Waals surface area contributed by atoms with E-state index in [1.54, 1.807) is 11.9 Å². The highest BCUT2D eigenvalue weighted by Crippen LogP contribution is 2.35. The van der Waals surface area contributed by atoms with Crippen molar-refractivity contribution in [1.82, 2.24) is 0 Å². The lowest BCUT2D eigenvalue weighted by Gasteiger charge is -2.34. The minimum absolute atomic E-state index is 0.00741. The van der Waals surface area contributed by atoms with Gasteiger partial charge in [-0.25, -0.2) is 0 Å². The van der Waals surface area contributed by atoms with Crippen molar-refractivity contribution in [3.8, 4) is 5.75 Å². The van der Waals surface area contributed by atoms with Crippen LogP contribution in [0.4, 0.5) is 5.69 Å². The predicted octanol–water partition coefficient (Wildman–Crippen LogP) is 1.53. The Kier molecular flexibility index (Phi) is 3.07. The van der Waals surface area contributed by atoms with Crippen molar-refractivity contribution in [3.63, 3.8) is 0 Å². The number of hydrogen-bond donors (Lipinski definition) is 1. The average molecular weight is 234 g/mol. The van der Waals surface area contributed by atoms with E-state index in [1.165, 1.54) is 0 Å². The summed E-state index contributed by atoms with van der Waals surface area (Å²) in [6, 6.07) is 5.71. The monoisotopic (exact) mass is 234 g/mol. The highest BCUT2D eigenvalue weighted by molar-refractivity contribution is 5.99. The number of benzene rings is 1. The van der Waals surface area contributed by atoms with Gasteiger partial charge < -0.3 is 15.4 Å². The maximum atomic E-state index is 12.1. The van der Waals surface area contributed by atoms with Crippen LogP contribution in [0.1, 0.15) is 19.4 Å². The Morgan fingerprint density at radius 1 is 1.47 bits per heavy atom. The number of hydrogen-bond acceptors (Lipinski definition) is 3. The second-order valence-electron chi connectivity index (χ2n) is 4.69. The minimum atomic E-state index is -0.402. The third-order valence-corrected chi connectivity index (χ3v) is 3.05. The van der Waals surface area contributed by atoms with E-state index in [2.05, 4.69) is 0 Å². The minimum Gasteiger partial charge on any atom is -0.478 e. The summed E-state index contributed by atoms with van der Waals surface area (Å²) in [5.41, 5.74) is 7.42. The van der Waals surface area contributed by atoms with E-state index in [9.17, 15) is 4.79 Å². The largest absolute Gasteiger partial charge is 0.478 e. The quantitative estimate of drug-likeness (QED) is 0.844. The van der Waals surface area contributed by atoms with Crippen LogP contribution < -0.4 is 15.4 Å². The van der Waals surface area contributed by atoms with Gasteiger partial charge >= 0.3 is 0 Å². The van der Waals surface area contributed by atoms with Gasteiger partial charge in [-0.3, -0.25) is 4.79 Å². The number of likely N-dealkylation sites (N-methyl/N-ethyl adjacent to an activating group) is 1. The maximum Gasteiger partial charge on any atom is 0.268 e. The molecule has 4 heteroatoms. The molecule has 1 atom stereocenters. The first-order chi connectivity index (χ1) is 8.04. The van der Waals surface area contributed by atoms with E-state index >= 15 is 0 Å². The third kappa shape index (κ3) is 2.00. The summed E-state index contributed by atoms with van der Waals surface area (Å²) in [5, 5.41) is 0. The van der Waals surface area contributed by atoms with Crippen molar-refractivity contribution in [3.05, 3.63) is 23.8 Å². The van der Waals surface area contributed by atoms with E-state index < -0.39 is 6.10 Å². The van der Waals surface area contributed by atoms with Gasteiger partial charge in [0.15, 0.2) is 6.10 Å². The van der Waals surface area contributed by atoms with Crippen LogP contribution in [0.3, 0.4) is 0 Å². The molecule has 1 aromatic rings. The van der Waals surface area contributed by atoms with E-state index in [0.717, 1.165) is 17.0 Å². The number of carbonyl (C=O) groups is 1. The Labute approximate surface area is 101 Å². The highest BCUT2D eigenvalue weighted by atomic mass is 16.5. The average Bonchev–Trinajstić information content (AvgIpc) is 2.32. The van der Waals surface area contributed by atoms with Gasteiger partial charge in [0.2, 0.25) is 0 Å². The number of anilines is 1. The summed E-state index contributed by atoms with van der Waals surface area (Å²) < 4.78 is 5.77. The molecule has 2 rings (SSSR count). The Morgan fingerprint density at radius 3 is 2.76 bits per heavy atom. The lowest BCUT2D eigenvalue weighted by atomic mass is 10.0. The van der Waals surface area contributed by atoms with Crippen LogP contribution in [-0.4, -0.2) is 19.1 Å². The number of ether oxygens (including phenoxy) is 1. The summed E-state index contributed by atoms with van der Waals surface area (Å²) in [6.07, 6.45) is -0.402. The highest BCUT2D eigenvalue weighted by Gasteiger charge is 2.34. The van der Waals surface area contributed by atoms with Crippen molar-refractivity contribution in [2.24, 2.45) is 11.7 Å². The SMILES string of the molecule is CC(C)C1Oc2cc(CN)ccc2N(C)C1=O. The maximum absolute atomic E-state index is 12.1. The first kappa shape index (κ1) is 11.9. The molecule has 92 valence electrons. The van der Waals surface area contributed by atoms with Gasteiger partial charge in [-0.1, -0.05) is 19.9 Å². The summed E-state index contributed by atoms with van der Waals surface area (Å²) in [4.78, 5) is 13.7. The summed E-state index contributed by atoms with van der Waals surface area (Å²) in [6.45, 7) is 4.43. The molecule has 2 N–H and O–H groups in total. The second kappa shape index (κ2) is 4.37. The Bertz CT molecular complexity index is 443. The van der Waals surface area contributed by atoms with Gasteiger partial charge in [-0.2, -0.15) is 0 Å². The van der Waals surface area contributed by atoms with Gasteiger partial charge in [0.05, 0.1) is 5.69 Å². The van der Waals surface area contributed by atoms with Gasteiger partial charge in [-0.05, 0) is 23.6 Å². The molecular weight excluding hydrogens is 216 g/mol. The third-order valence-electron chi connectivity index (χ3n) is 3.05. The van der Waals surface area contributed by atoms with Crippen LogP contribution in [0.15, 0.2) is 18.2 Å². The molecule has 0 radical (unpaired) electrons. The summed E-state index contributed by atoms with van der Waals surface area (Å²) in [5.74, 6) is 0.904. The normalized spacial score (nSPS) is 19.2. The number of nitrogens with zero attached hydrogens (tertiary/aromatic N) is 1. The summed E-state index contributed by atoms with van der Waals surface area (Å²) >= 11 is 0. The van der Waals surface area contributed by atoms with Crippen LogP contribution in [0, 0.1) is 5.92 Å². The Hall–Kier alpha value is -1.55. The molecule has 1 heterocycles. The molecule has 4 nitrogen and oxygen atoms in total. The molecule has 0 bridgehead atoms. The Balaban J connectivity index is 2.42. The number of nitrogens with two attached hydrogens (primary N) is 1. The molecule has 1 aliphatic heterocycles. The van der Waals surface area contributed by atoms with E-state index in [-0.39, 0.29) is 11.8 Å². The molecule has 0 aromatic heterocycles. The molecule has 0 fully saturated rings. The van der Waals surface area contributed by atoms with Crippen molar-refractivity contribution >= 4 is 11.6 Å². The van der Waals surface area contributed by atoms with Crippen LogP contribution >= 0.6 is 0 Å². The van der Waals surface area contributed by atoms with Crippen molar-refractivity contribution < 1.29 is 9.53 Å². The fourth-order valence-electron chi connectivity index (χ4n) is 1.98. The molecule has 1 amide bonds. The first-order valence-corrected chi connectivity index (χ1v) is 5.81. The molecule has 1 unspecified atom stereocenters. The zero-order valence-electron chi connectivity index (χ0n) is 10.4. The Morgan fingerprint density at radius 2 is 2.18 bits per heavy atom. The molecule has 1 aromatic carbocycles. The first-order valence-electron chi connectivity index (χ1n) is 5.81. The van der Waals surface area contributed by atoms with E-state index in [4.69, 9.17) is 10.5 Å². The fraction of sp³-hybridized carbons (Fsp3) is 0.462. The molecular formula is C13H18N2O2. The van der Waals surface area contributed by atoms with E-state index in [1.807, 2.05) is 32.0 Å². The molecule has 1 aliphatic rings. The van der Waals surface area contributed by atoms with Crippen LogP contribution in [0.5, 0.6) is 5.75 Å². The smallest absolute Gasteiger partial charge is 0.268 e. The predicted molar refractivity (Wildman–Crippen MR) is 67.0 cm³/mol. The molecule has 0 saturated heterocycles. The van der Waals surface area contributed by atoms with Crippen molar-refractivity contribution in [1.29, 1.82) is 0 Å². The van der Waals surface area contributed by atoms with Crippen LogP contribution in [0.2, 0.25) is 0 Å². The molecule has 0 saturated carbocycles. The second-order valence-corrected chi connectivity index (χ2v) is 4.69. The number of carbonyl (C=O) groups excluding carboxylic acids is 1. The fourth-order valence-corrected chi connectivity index (χ4v) is 1.98. The zero-order chi connectivity index (χ0) is 12.6. The summed E-state index contributed by atoms with van der Waals surface area (Å²) in [7, 11) is 1.78. The van der Waals surface area contributed by atoms with Gasteiger partial charge in [0.1, 0.15) is 5.75 Å². The standard InChI is InChI=1S/C13H18N2O2/c1-8(2)12-13(16)15(3)10-5-4-9(7-14)6-11(10)17-12/h4-6,8,12H,7,14H2,1-3H3.